The molecule has 6 nitrogen and oxygen atoms in total. The highest BCUT2D eigenvalue weighted by molar-refractivity contribution is 7.88. The normalized spacial score (nSPS) is 18.5. The summed E-state index contributed by atoms with van der Waals surface area (Å²) in [4.78, 5) is 16.8. The molecular weight excluding hydrogens is 302 g/mol. The molecule has 7 heteroatoms. The van der Waals surface area contributed by atoms with Crippen molar-refractivity contribution in [1.29, 1.82) is 0 Å². The van der Waals surface area contributed by atoms with Gasteiger partial charge in [0.05, 0.1) is 6.26 Å². The summed E-state index contributed by atoms with van der Waals surface area (Å²) in [7, 11) is 0.00309. The lowest BCUT2D eigenvalue weighted by molar-refractivity contribution is -0.136. The highest BCUT2D eigenvalue weighted by atomic mass is 32.2. The van der Waals surface area contributed by atoms with Crippen molar-refractivity contribution in [3.8, 4) is 0 Å². The van der Waals surface area contributed by atoms with Gasteiger partial charge in [0.1, 0.15) is 6.04 Å². The molecule has 1 heterocycles. The third kappa shape index (κ3) is 3.85. The fourth-order valence-corrected chi connectivity index (χ4v) is 3.13. The Morgan fingerprint density at radius 2 is 1.68 bits per heavy atom. The van der Waals surface area contributed by atoms with Crippen molar-refractivity contribution < 1.29 is 13.2 Å². The van der Waals surface area contributed by atoms with Crippen molar-refractivity contribution in [3.05, 3.63) is 35.9 Å². The van der Waals surface area contributed by atoms with E-state index in [1.807, 2.05) is 25.2 Å². The zero-order chi connectivity index (χ0) is 16.3. The molecule has 1 amide bonds. The van der Waals surface area contributed by atoms with Gasteiger partial charge < -0.3 is 9.80 Å². The molecule has 1 unspecified atom stereocenters. The molecule has 1 aliphatic rings. The average Bonchev–Trinajstić information content (AvgIpc) is 2.48. The maximum Gasteiger partial charge on any atom is 0.245 e. The maximum atomic E-state index is 12.9. The van der Waals surface area contributed by atoms with Crippen LogP contribution in [0.4, 0.5) is 0 Å². The minimum atomic E-state index is -3.47. The van der Waals surface area contributed by atoms with Gasteiger partial charge in [-0.1, -0.05) is 30.3 Å². The van der Waals surface area contributed by atoms with E-state index >= 15 is 0 Å². The van der Waals surface area contributed by atoms with E-state index in [0.717, 1.165) is 23.7 Å². The van der Waals surface area contributed by atoms with E-state index in [2.05, 4.69) is 4.90 Å². The van der Waals surface area contributed by atoms with Gasteiger partial charge in [0.2, 0.25) is 15.9 Å². The van der Waals surface area contributed by atoms with Crippen molar-refractivity contribution >= 4 is 15.9 Å². The largest absolute Gasteiger partial charge is 0.338 e. The van der Waals surface area contributed by atoms with Crippen LogP contribution in [0.5, 0.6) is 0 Å². The minimum Gasteiger partial charge on any atom is -0.338 e. The number of hydrogen-bond donors (Lipinski definition) is 0. The highest BCUT2D eigenvalue weighted by Gasteiger charge is 2.34. The third-order valence-corrected chi connectivity index (χ3v) is 5.31. The molecule has 1 aromatic carbocycles. The summed E-state index contributed by atoms with van der Waals surface area (Å²) in [5, 5.41) is 0. The Kier molecular flexibility index (Phi) is 5.20. The van der Waals surface area contributed by atoms with Crippen LogP contribution in [0.2, 0.25) is 0 Å². The number of likely N-dealkylation sites (N-methyl/N-ethyl adjacent to an activating group) is 2. The van der Waals surface area contributed by atoms with E-state index in [4.69, 9.17) is 0 Å². The molecule has 122 valence electrons. The lowest BCUT2D eigenvalue weighted by atomic mass is 10.1. The summed E-state index contributed by atoms with van der Waals surface area (Å²) in [6.45, 7) is 2.85. The molecular formula is C15H23N3O3S. The SMILES string of the molecule is CN1CCN(C(=O)C(c2ccccc2)N(C)S(C)(=O)=O)CC1. The van der Waals surface area contributed by atoms with Crippen LogP contribution in [-0.4, -0.2) is 75.0 Å². The second kappa shape index (κ2) is 6.76. The Morgan fingerprint density at radius 1 is 1.14 bits per heavy atom. The van der Waals surface area contributed by atoms with Crippen LogP contribution < -0.4 is 0 Å². The fraction of sp³-hybridized carbons (Fsp3) is 0.533. The average molecular weight is 325 g/mol. The Morgan fingerprint density at radius 3 is 2.18 bits per heavy atom. The number of nitrogens with zero attached hydrogens (tertiary/aromatic N) is 3. The maximum absolute atomic E-state index is 12.9. The van der Waals surface area contributed by atoms with Gasteiger partial charge in [0, 0.05) is 33.2 Å². The number of amides is 1. The number of sulfonamides is 1. The van der Waals surface area contributed by atoms with Crippen molar-refractivity contribution in [2.24, 2.45) is 0 Å². The first-order valence-electron chi connectivity index (χ1n) is 7.26. The number of carbonyl (C=O) groups is 1. The molecule has 0 N–H and O–H groups in total. The zero-order valence-corrected chi connectivity index (χ0v) is 14.1. The van der Waals surface area contributed by atoms with Crippen molar-refractivity contribution in [2.45, 2.75) is 6.04 Å². The zero-order valence-electron chi connectivity index (χ0n) is 13.3. The molecule has 0 bridgehead atoms. The first-order chi connectivity index (χ1) is 10.3. The van der Waals surface area contributed by atoms with Gasteiger partial charge in [0.25, 0.3) is 0 Å². The molecule has 0 radical (unpaired) electrons. The second-order valence-electron chi connectivity index (χ2n) is 5.72. The molecule has 0 aromatic heterocycles. The van der Waals surface area contributed by atoms with Crippen LogP contribution in [0.1, 0.15) is 11.6 Å². The second-order valence-corrected chi connectivity index (χ2v) is 7.76. The minimum absolute atomic E-state index is 0.160. The number of rotatable bonds is 4. The van der Waals surface area contributed by atoms with Crippen LogP contribution >= 0.6 is 0 Å². The van der Waals surface area contributed by atoms with Gasteiger partial charge in [-0.25, -0.2) is 8.42 Å². The summed E-state index contributed by atoms with van der Waals surface area (Å²) in [6, 6.07) is 8.26. The summed E-state index contributed by atoms with van der Waals surface area (Å²) in [5.74, 6) is -0.160. The molecule has 0 spiro atoms. The summed E-state index contributed by atoms with van der Waals surface area (Å²) in [6.07, 6.45) is 1.13. The molecule has 1 atom stereocenters. The topological polar surface area (TPSA) is 60.9 Å². The van der Waals surface area contributed by atoms with Crippen LogP contribution in [0.15, 0.2) is 30.3 Å². The standard InChI is InChI=1S/C15H23N3O3S/c1-16-9-11-18(12-10-16)15(19)14(17(2)22(3,20)21)13-7-5-4-6-8-13/h4-8,14H,9-12H2,1-3H3. The Balaban J connectivity index is 2.30. The van der Waals surface area contributed by atoms with Crippen molar-refractivity contribution in [1.82, 2.24) is 14.1 Å². The Hall–Kier alpha value is -1.44. The number of carbonyl (C=O) groups excluding carboxylic acids is 1. The van der Waals surface area contributed by atoms with E-state index < -0.39 is 16.1 Å². The van der Waals surface area contributed by atoms with Crippen LogP contribution in [0, 0.1) is 0 Å². The van der Waals surface area contributed by atoms with E-state index in [9.17, 15) is 13.2 Å². The van der Waals surface area contributed by atoms with Crippen molar-refractivity contribution in [3.63, 3.8) is 0 Å². The lowest BCUT2D eigenvalue weighted by Crippen LogP contribution is -2.51. The Bertz CT molecular complexity index is 610. The van der Waals surface area contributed by atoms with E-state index in [1.165, 1.54) is 7.05 Å². The van der Waals surface area contributed by atoms with Crippen molar-refractivity contribution in [2.75, 3.05) is 46.5 Å². The molecule has 1 saturated heterocycles. The fourth-order valence-electron chi connectivity index (χ4n) is 2.53. The molecule has 1 aliphatic heterocycles. The first-order valence-corrected chi connectivity index (χ1v) is 9.11. The van der Waals surface area contributed by atoms with Gasteiger partial charge in [0.15, 0.2) is 0 Å². The summed E-state index contributed by atoms with van der Waals surface area (Å²) in [5.41, 5.74) is 0.694. The van der Waals surface area contributed by atoms with E-state index in [-0.39, 0.29) is 5.91 Å². The predicted molar refractivity (Wildman–Crippen MR) is 85.9 cm³/mol. The smallest absolute Gasteiger partial charge is 0.245 e. The van der Waals surface area contributed by atoms with E-state index in [1.54, 1.807) is 17.0 Å². The Labute approximate surface area is 132 Å². The molecule has 0 aliphatic carbocycles. The molecule has 2 rings (SSSR count). The van der Waals surface area contributed by atoms with Gasteiger partial charge in [-0.3, -0.25) is 4.79 Å². The number of piperazine rings is 1. The first kappa shape index (κ1) is 16.9. The number of hydrogen-bond acceptors (Lipinski definition) is 4. The molecule has 0 saturated carbocycles. The lowest BCUT2D eigenvalue weighted by Gasteiger charge is -2.36. The summed E-state index contributed by atoms with van der Waals surface area (Å²) < 4.78 is 25.0. The van der Waals surface area contributed by atoms with Gasteiger partial charge in [-0.2, -0.15) is 4.31 Å². The molecule has 22 heavy (non-hydrogen) atoms. The quantitative estimate of drug-likeness (QED) is 0.804. The van der Waals surface area contributed by atoms with Crippen LogP contribution in [0.3, 0.4) is 0 Å². The van der Waals surface area contributed by atoms with Crippen LogP contribution in [0.25, 0.3) is 0 Å². The van der Waals surface area contributed by atoms with Gasteiger partial charge in [-0.15, -0.1) is 0 Å². The van der Waals surface area contributed by atoms with Gasteiger partial charge >= 0.3 is 0 Å². The van der Waals surface area contributed by atoms with Crippen LogP contribution in [-0.2, 0) is 14.8 Å². The van der Waals surface area contributed by atoms with Gasteiger partial charge in [-0.05, 0) is 12.6 Å². The van der Waals surface area contributed by atoms with E-state index in [0.29, 0.717) is 18.7 Å². The molecule has 1 aromatic rings. The third-order valence-electron chi connectivity index (χ3n) is 4.05. The molecule has 1 fully saturated rings. The number of benzene rings is 1. The highest BCUT2D eigenvalue weighted by Crippen LogP contribution is 2.24. The summed E-state index contributed by atoms with van der Waals surface area (Å²) >= 11 is 0. The monoisotopic (exact) mass is 325 g/mol. The predicted octanol–water partition coefficient (Wildman–Crippen LogP) is 0.393.